The van der Waals surface area contributed by atoms with Gasteiger partial charge in [-0.1, -0.05) is 6.07 Å². The van der Waals surface area contributed by atoms with Gasteiger partial charge in [0.05, 0.1) is 0 Å². The van der Waals surface area contributed by atoms with Gasteiger partial charge < -0.3 is 0 Å². The summed E-state index contributed by atoms with van der Waals surface area (Å²) in [6.45, 7) is 0. The summed E-state index contributed by atoms with van der Waals surface area (Å²) in [7, 11) is 0. The Morgan fingerprint density at radius 3 is 3.00 bits per heavy atom. The second kappa shape index (κ2) is 3.27. The number of carbonyl (C=O) groups is 1. The first-order valence-corrected chi connectivity index (χ1v) is 3.58. The summed E-state index contributed by atoms with van der Waals surface area (Å²) in [6, 6.07) is 2.24. The van der Waals surface area contributed by atoms with Gasteiger partial charge in [-0.2, -0.15) is 4.39 Å². The first-order chi connectivity index (χ1) is 4.79. The molecule has 0 aliphatic heterocycles. The van der Waals surface area contributed by atoms with Crippen molar-refractivity contribution in [2.75, 3.05) is 0 Å². The molecule has 0 aromatic carbocycles. The van der Waals surface area contributed by atoms with Crippen LogP contribution in [0.1, 0.15) is 4.88 Å². The number of halogens is 1. The molecule has 0 bridgehead atoms. The van der Waals surface area contributed by atoms with E-state index in [-0.39, 0.29) is 0 Å². The number of allylic oxidation sites excluding steroid dienone is 1. The molecule has 10 heavy (non-hydrogen) atoms. The van der Waals surface area contributed by atoms with Crippen LogP contribution in [0.15, 0.2) is 23.6 Å². The molecule has 1 rings (SSSR count). The third-order valence-corrected chi connectivity index (χ3v) is 1.76. The molecule has 0 fully saturated rings. The topological polar surface area (TPSA) is 17.1 Å². The van der Waals surface area contributed by atoms with Crippen molar-refractivity contribution in [3.8, 4) is 0 Å². The average Bonchev–Trinajstić information content (AvgIpc) is 2.34. The molecule has 1 heterocycles. The van der Waals surface area contributed by atoms with Crippen LogP contribution in [-0.2, 0) is 4.79 Å². The lowest BCUT2D eigenvalue weighted by molar-refractivity contribution is -0.124. The molecule has 0 unspecified atom stereocenters. The molecular formula is C7H5FOS. The van der Waals surface area contributed by atoms with Gasteiger partial charge in [-0.15, -0.1) is 11.3 Å². The number of hydrogen-bond donors (Lipinski definition) is 0. The van der Waals surface area contributed by atoms with Gasteiger partial charge in [0.25, 0.3) is 0 Å². The zero-order chi connectivity index (χ0) is 7.40. The molecule has 0 saturated carbocycles. The van der Waals surface area contributed by atoms with Crippen molar-refractivity contribution >= 4 is 23.4 Å². The lowest BCUT2D eigenvalue weighted by Crippen LogP contribution is -1.74. The Morgan fingerprint density at radius 2 is 2.50 bits per heavy atom. The molecule has 3 heteroatoms. The molecule has 0 aliphatic rings. The van der Waals surface area contributed by atoms with Crippen LogP contribution in [-0.4, -0.2) is 6.04 Å². The maximum Gasteiger partial charge on any atom is 0.325 e. The van der Waals surface area contributed by atoms with E-state index in [9.17, 15) is 9.18 Å². The lowest BCUT2D eigenvalue weighted by Gasteiger charge is -1.77. The Hall–Kier alpha value is -0.960. The van der Waals surface area contributed by atoms with E-state index in [0.717, 1.165) is 11.0 Å². The molecule has 0 aliphatic carbocycles. The van der Waals surface area contributed by atoms with E-state index in [2.05, 4.69) is 0 Å². The number of carbonyl (C=O) groups excluding carboxylic acids is 1. The fourth-order valence-electron chi connectivity index (χ4n) is 0.534. The van der Waals surface area contributed by atoms with Crippen LogP contribution >= 0.6 is 11.3 Å². The Bertz CT molecular complexity index is 238. The molecule has 0 N–H and O–H groups in total. The summed E-state index contributed by atoms with van der Waals surface area (Å²) in [4.78, 5) is 10.7. The van der Waals surface area contributed by atoms with Crippen LogP contribution in [0.25, 0.3) is 6.08 Å². The lowest BCUT2D eigenvalue weighted by atomic mass is 10.4. The molecule has 0 saturated heterocycles. The van der Waals surface area contributed by atoms with Crippen molar-refractivity contribution in [1.82, 2.24) is 0 Å². The number of hydrogen-bond acceptors (Lipinski definition) is 2. The van der Waals surface area contributed by atoms with Crippen LogP contribution in [0.4, 0.5) is 4.39 Å². The first kappa shape index (κ1) is 7.15. The summed E-state index contributed by atoms with van der Waals surface area (Å²) in [5.74, 6) is 0. The van der Waals surface area contributed by atoms with Crippen LogP contribution < -0.4 is 0 Å². The highest BCUT2D eigenvalue weighted by Gasteiger charge is 1.88. The van der Waals surface area contributed by atoms with Gasteiger partial charge in [-0.05, 0) is 17.5 Å². The zero-order valence-electron chi connectivity index (χ0n) is 5.08. The van der Waals surface area contributed by atoms with Gasteiger partial charge in [0.15, 0.2) is 0 Å². The highest BCUT2D eigenvalue weighted by molar-refractivity contribution is 7.10. The normalized spacial score (nSPS) is 10.5. The fraction of sp³-hybridized carbons (Fsp3) is 0. The quantitative estimate of drug-likeness (QED) is 0.474. The standard InChI is InChI=1S/C7H5FOS/c8-7(9)4-3-6-2-1-5-10-6/h1-5H/b4-3+. The fourth-order valence-corrected chi connectivity index (χ4v) is 1.15. The van der Waals surface area contributed by atoms with Crippen LogP contribution in [0.2, 0.25) is 0 Å². The maximum atomic E-state index is 11.6. The van der Waals surface area contributed by atoms with E-state index in [1.807, 2.05) is 17.5 Å². The highest BCUT2D eigenvalue weighted by Crippen LogP contribution is 2.09. The summed E-state index contributed by atoms with van der Waals surface area (Å²) < 4.78 is 11.6. The second-order valence-corrected chi connectivity index (χ2v) is 2.63. The first-order valence-electron chi connectivity index (χ1n) is 2.70. The van der Waals surface area contributed by atoms with Gasteiger partial charge in [-0.25, -0.2) is 0 Å². The Morgan fingerprint density at radius 1 is 1.70 bits per heavy atom. The number of thiophene rings is 1. The van der Waals surface area contributed by atoms with E-state index in [0.29, 0.717) is 0 Å². The van der Waals surface area contributed by atoms with Gasteiger partial charge in [0, 0.05) is 11.0 Å². The van der Waals surface area contributed by atoms with Gasteiger partial charge in [0.1, 0.15) is 0 Å². The summed E-state index contributed by atoms with van der Waals surface area (Å²) >= 11 is 1.46. The predicted octanol–water partition coefficient (Wildman–Crippen LogP) is 2.26. The smallest absolute Gasteiger partial charge is 0.256 e. The van der Waals surface area contributed by atoms with E-state index in [4.69, 9.17) is 0 Å². The second-order valence-electron chi connectivity index (χ2n) is 1.65. The average molecular weight is 156 g/mol. The molecule has 1 nitrogen and oxygen atoms in total. The van der Waals surface area contributed by atoms with Crippen LogP contribution in [0.3, 0.4) is 0 Å². The minimum absolute atomic E-state index is 0.881. The van der Waals surface area contributed by atoms with Crippen LogP contribution in [0.5, 0.6) is 0 Å². The molecule has 1 aromatic rings. The Balaban J connectivity index is 2.64. The Labute approximate surface area is 61.8 Å². The SMILES string of the molecule is O=C(F)/C=C/c1cccs1. The molecule has 0 spiro atoms. The highest BCUT2D eigenvalue weighted by atomic mass is 32.1. The third kappa shape index (κ3) is 2.11. The van der Waals surface area contributed by atoms with Crippen molar-refractivity contribution in [2.45, 2.75) is 0 Å². The predicted molar refractivity (Wildman–Crippen MR) is 39.5 cm³/mol. The van der Waals surface area contributed by atoms with Gasteiger partial charge in [-0.3, -0.25) is 4.79 Å². The van der Waals surface area contributed by atoms with Crippen molar-refractivity contribution < 1.29 is 9.18 Å². The maximum absolute atomic E-state index is 11.6. The molecule has 0 atom stereocenters. The van der Waals surface area contributed by atoms with E-state index < -0.39 is 6.04 Å². The monoisotopic (exact) mass is 156 g/mol. The molecule has 0 radical (unpaired) electrons. The van der Waals surface area contributed by atoms with E-state index >= 15 is 0 Å². The molecular weight excluding hydrogens is 151 g/mol. The minimum atomic E-state index is -1.41. The zero-order valence-corrected chi connectivity index (χ0v) is 5.90. The van der Waals surface area contributed by atoms with E-state index in [1.54, 1.807) is 0 Å². The van der Waals surface area contributed by atoms with Gasteiger partial charge in [0.2, 0.25) is 0 Å². The summed E-state index contributed by atoms with van der Waals surface area (Å²) in [6.07, 6.45) is 2.36. The summed E-state index contributed by atoms with van der Waals surface area (Å²) in [5, 5.41) is 1.86. The van der Waals surface area contributed by atoms with Crippen molar-refractivity contribution in [3.63, 3.8) is 0 Å². The summed E-state index contributed by atoms with van der Waals surface area (Å²) in [5.41, 5.74) is 0. The minimum Gasteiger partial charge on any atom is -0.256 e. The van der Waals surface area contributed by atoms with Crippen molar-refractivity contribution in [1.29, 1.82) is 0 Å². The molecule has 1 aromatic heterocycles. The van der Waals surface area contributed by atoms with E-state index in [1.165, 1.54) is 17.4 Å². The third-order valence-electron chi connectivity index (χ3n) is 0.922. The van der Waals surface area contributed by atoms with Crippen molar-refractivity contribution in [3.05, 3.63) is 28.5 Å². The Kier molecular flexibility index (Phi) is 2.34. The molecule has 0 amide bonds. The molecule has 52 valence electrons. The number of rotatable bonds is 2. The van der Waals surface area contributed by atoms with Crippen molar-refractivity contribution in [2.24, 2.45) is 0 Å². The largest absolute Gasteiger partial charge is 0.325 e. The van der Waals surface area contributed by atoms with Crippen LogP contribution in [0, 0.1) is 0 Å². The van der Waals surface area contributed by atoms with Gasteiger partial charge >= 0.3 is 6.04 Å².